The highest BCUT2D eigenvalue weighted by atomic mass is 32.2. The van der Waals surface area contributed by atoms with Gasteiger partial charge in [-0.1, -0.05) is 12.1 Å². The van der Waals surface area contributed by atoms with Crippen LogP contribution in [-0.2, 0) is 19.3 Å². The molecular formula is C19H23BFNO4S. The molecule has 1 N–H and O–H groups in total. The number of benzene rings is 2. The van der Waals surface area contributed by atoms with Crippen LogP contribution in [0.25, 0.3) is 0 Å². The first kappa shape index (κ1) is 19.9. The molecule has 0 saturated carbocycles. The van der Waals surface area contributed by atoms with Gasteiger partial charge in [-0.3, -0.25) is 4.72 Å². The van der Waals surface area contributed by atoms with Gasteiger partial charge in [0.05, 0.1) is 16.1 Å². The van der Waals surface area contributed by atoms with Crippen molar-refractivity contribution in [1.29, 1.82) is 0 Å². The highest BCUT2D eigenvalue weighted by Crippen LogP contribution is 2.36. The summed E-state index contributed by atoms with van der Waals surface area (Å²) in [7, 11) is -4.32. The summed E-state index contributed by atoms with van der Waals surface area (Å²) in [5.41, 5.74) is 0.653. The van der Waals surface area contributed by atoms with E-state index in [1.54, 1.807) is 31.2 Å². The van der Waals surface area contributed by atoms with Crippen molar-refractivity contribution in [2.24, 2.45) is 0 Å². The zero-order valence-corrected chi connectivity index (χ0v) is 16.9. The molecule has 2 aromatic carbocycles. The lowest BCUT2D eigenvalue weighted by Crippen LogP contribution is -2.41. The number of hydrogen-bond donors (Lipinski definition) is 1. The van der Waals surface area contributed by atoms with E-state index in [1.165, 1.54) is 12.1 Å². The molecule has 27 heavy (non-hydrogen) atoms. The Morgan fingerprint density at radius 3 is 2.04 bits per heavy atom. The van der Waals surface area contributed by atoms with Crippen LogP contribution in [0.3, 0.4) is 0 Å². The van der Waals surface area contributed by atoms with E-state index in [9.17, 15) is 12.8 Å². The number of halogens is 1. The molecular weight excluding hydrogens is 368 g/mol. The maximum Gasteiger partial charge on any atom is 0.494 e. The lowest BCUT2D eigenvalue weighted by Gasteiger charge is -2.32. The second-order valence-corrected chi connectivity index (χ2v) is 9.38. The standard InChI is InChI=1S/C19H23BFNO4S/c1-13-12-15(21)8-11-17(13)27(23,24)22-16-9-6-14(7-10-16)20-25-18(2,3)19(4,5)26-20/h6-12,22H,1-5H3. The third kappa shape index (κ3) is 3.88. The van der Waals surface area contributed by atoms with Crippen LogP contribution in [0.2, 0.25) is 0 Å². The summed E-state index contributed by atoms with van der Waals surface area (Å²) in [6, 6.07) is 10.4. The van der Waals surface area contributed by atoms with Crippen LogP contribution >= 0.6 is 0 Å². The van der Waals surface area contributed by atoms with Gasteiger partial charge in [0.2, 0.25) is 0 Å². The van der Waals surface area contributed by atoms with Gasteiger partial charge in [-0.05, 0) is 76.0 Å². The SMILES string of the molecule is Cc1cc(F)ccc1S(=O)(=O)Nc1ccc(B2OC(C)(C)C(C)(C)O2)cc1. The molecule has 2 aromatic rings. The molecule has 1 aliphatic heterocycles. The molecule has 0 amide bonds. The summed E-state index contributed by atoms with van der Waals surface area (Å²) in [6.45, 7) is 9.45. The third-order valence-electron chi connectivity index (χ3n) is 5.11. The zero-order chi connectivity index (χ0) is 20.0. The molecule has 1 saturated heterocycles. The maximum atomic E-state index is 13.2. The van der Waals surface area contributed by atoms with Crippen LogP contribution in [0.5, 0.6) is 0 Å². The van der Waals surface area contributed by atoms with Gasteiger partial charge < -0.3 is 9.31 Å². The van der Waals surface area contributed by atoms with Crippen molar-refractivity contribution in [2.45, 2.75) is 50.7 Å². The summed E-state index contributed by atoms with van der Waals surface area (Å²) < 4.78 is 52.8. The van der Waals surface area contributed by atoms with E-state index < -0.39 is 34.2 Å². The molecule has 1 fully saturated rings. The molecule has 0 spiro atoms. The molecule has 0 aliphatic carbocycles. The lowest BCUT2D eigenvalue weighted by molar-refractivity contribution is 0.00578. The van der Waals surface area contributed by atoms with Crippen LogP contribution in [0.15, 0.2) is 47.4 Å². The molecule has 0 radical (unpaired) electrons. The predicted octanol–water partition coefficient (Wildman–Crippen LogP) is 3.23. The number of anilines is 1. The first-order chi connectivity index (χ1) is 12.4. The van der Waals surface area contributed by atoms with Crippen LogP contribution in [0, 0.1) is 12.7 Å². The van der Waals surface area contributed by atoms with Crippen molar-refractivity contribution in [3.63, 3.8) is 0 Å². The number of rotatable bonds is 4. The van der Waals surface area contributed by atoms with Crippen LogP contribution < -0.4 is 10.2 Å². The van der Waals surface area contributed by atoms with Crippen LogP contribution in [0.4, 0.5) is 10.1 Å². The molecule has 5 nitrogen and oxygen atoms in total. The second kappa shape index (κ2) is 6.62. The Balaban J connectivity index is 1.78. The molecule has 1 heterocycles. The highest BCUT2D eigenvalue weighted by molar-refractivity contribution is 7.92. The van der Waals surface area contributed by atoms with Gasteiger partial charge in [-0.25, -0.2) is 12.8 Å². The Bertz CT molecular complexity index is 942. The summed E-state index contributed by atoms with van der Waals surface area (Å²) in [5, 5.41) is 0. The largest absolute Gasteiger partial charge is 0.494 e. The fourth-order valence-corrected chi connectivity index (χ4v) is 4.10. The van der Waals surface area contributed by atoms with E-state index in [-0.39, 0.29) is 4.90 Å². The van der Waals surface area contributed by atoms with Crippen molar-refractivity contribution >= 4 is 28.3 Å². The summed E-state index contributed by atoms with van der Waals surface area (Å²) >= 11 is 0. The molecule has 1 aliphatic rings. The van der Waals surface area contributed by atoms with Gasteiger partial charge in [-0.2, -0.15) is 0 Å². The van der Waals surface area contributed by atoms with E-state index >= 15 is 0 Å². The van der Waals surface area contributed by atoms with Crippen molar-refractivity contribution in [3.8, 4) is 0 Å². The van der Waals surface area contributed by atoms with Crippen LogP contribution in [-0.4, -0.2) is 26.7 Å². The Morgan fingerprint density at radius 1 is 0.963 bits per heavy atom. The first-order valence-electron chi connectivity index (χ1n) is 8.66. The number of aryl methyl sites for hydroxylation is 1. The van der Waals surface area contributed by atoms with Gasteiger partial charge in [0.1, 0.15) is 5.82 Å². The Kier molecular flexibility index (Phi) is 4.86. The van der Waals surface area contributed by atoms with Crippen molar-refractivity contribution in [1.82, 2.24) is 0 Å². The predicted molar refractivity (Wildman–Crippen MR) is 104 cm³/mol. The maximum absolute atomic E-state index is 13.2. The Morgan fingerprint density at radius 2 is 1.52 bits per heavy atom. The van der Waals surface area contributed by atoms with Crippen molar-refractivity contribution in [3.05, 3.63) is 53.8 Å². The van der Waals surface area contributed by atoms with Gasteiger partial charge in [0.25, 0.3) is 10.0 Å². The Hall–Kier alpha value is -1.90. The van der Waals surface area contributed by atoms with E-state index in [4.69, 9.17) is 9.31 Å². The average Bonchev–Trinajstić information content (AvgIpc) is 2.75. The summed E-state index contributed by atoms with van der Waals surface area (Å²) in [5.74, 6) is -0.474. The number of hydrogen-bond acceptors (Lipinski definition) is 4. The highest BCUT2D eigenvalue weighted by Gasteiger charge is 2.51. The minimum Gasteiger partial charge on any atom is -0.399 e. The number of sulfonamides is 1. The molecule has 0 atom stereocenters. The molecule has 0 bridgehead atoms. The lowest BCUT2D eigenvalue weighted by atomic mass is 9.79. The van der Waals surface area contributed by atoms with Crippen molar-refractivity contribution < 1.29 is 22.1 Å². The van der Waals surface area contributed by atoms with Gasteiger partial charge in [0.15, 0.2) is 0 Å². The normalized spacial score (nSPS) is 18.5. The van der Waals surface area contributed by atoms with Gasteiger partial charge in [-0.15, -0.1) is 0 Å². The Labute approximate surface area is 160 Å². The molecule has 0 aromatic heterocycles. The molecule has 8 heteroatoms. The van der Waals surface area contributed by atoms with Crippen LogP contribution in [0.1, 0.15) is 33.3 Å². The van der Waals surface area contributed by atoms with Gasteiger partial charge in [0, 0.05) is 5.69 Å². The quantitative estimate of drug-likeness (QED) is 0.813. The van der Waals surface area contributed by atoms with E-state index in [2.05, 4.69) is 4.72 Å². The third-order valence-corrected chi connectivity index (χ3v) is 6.66. The van der Waals surface area contributed by atoms with E-state index in [1.807, 2.05) is 27.7 Å². The zero-order valence-electron chi connectivity index (χ0n) is 16.0. The van der Waals surface area contributed by atoms with E-state index in [0.29, 0.717) is 11.3 Å². The fourth-order valence-electron chi connectivity index (χ4n) is 2.81. The smallest absolute Gasteiger partial charge is 0.399 e. The molecule has 144 valence electrons. The molecule has 0 unspecified atom stereocenters. The molecule has 3 rings (SSSR count). The second-order valence-electron chi connectivity index (χ2n) is 7.73. The first-order valence-corrected chi connectivity index (χ1v) is 10.1. The topological polar surface area (TPSA) is 64.6 Å². The average molecular weight is 391 g/mol. The fraction of sp³-hybridized carbons (Fsp3) is 0.368. The minimum absolute atomic E-state index is 0.0407. The monoisotopic (exact) mass is 391 g/mol. The minimum atomic E-state index is -3.81. The van der Waals surface area contributed by atoms with Gasteiger partial charge >= 0.3 is 7.12 Å². The van der Waals surface area contributed by atoms with E-state index in [0.717, 1.165) is 11.5 Å². The van der Waals surface area contributed by atoms with Crippen molar-refractivity contribution in [2.75, 3.05) is 4.72 Å². The summed E-state index contributed by atoms with van der Waals surface area (Å²) in [4.78, 5) is 0.0407. The summed E-state index contributed by atoms with van der Waals surface area (Å²) in [6.07, 6.45) is 0. The number of nitrogens with one attached hydrogen (secondary N) is 1.